The zero-order valence-electron chi connectivity index (χ0n) is 13.9. The van der Waals surface area contributed by atoms with Crippen LogP contribution in [0.15, 0.2) is 47.6 Å². The van der Waals surface area contributed by atoms with E-state index in [2.05, 4.69) is 15.8 Å². The average Bonchev–Trinajstić information content (AvgIpc) is 2.57. The molecule has 0 aliphatic heterocycles. The molecule has 0 fully saturated rings. The largest absolute Gasteiger partial charge is 0.493 e. The Hall–Kier alpha value is -2.86. The van der Waals surface area contributed by atoms with Gasteiger partial charge in [-0.3, -0.25) is 9.59 Å². The standard InChI is InChI=1S/C18H18ClN3O3/c1-3-25-16-8-7-14(19)10-13(16)11-20-22-18(24)17(23)21-15-6-4-5-12(2)9-15/h4-11H,3H2,1-2H3,(H,21,23)(H,22,24)/b20-11-. The maximum atomic E-state index is 11.8. The quantitative estimate of drug-likeness (QED) is 0.489. The number of amides is 2. The third-order valence-electron chi connectivity index (χ3n) is 3.12. The minimum atomic E-state index is -0.877. The highest BCUT2D eigenvalue weighted by molar-refractivity contribution is 6.39. The molecule has 0 unspecified atom stereocenters. The molecule has 7 heteroatoms. The molecule has 2 aromatic rings. The molecule has 0 radical (unpaired) electrons. The molecule has 25 heavy (non-hydrogen) atoms. The topological polar surface area (TPSA) is 79.8 Å². The Morgan fingerprint density at radius 1 is 1.20 bits per heavy atom. The highest BCUT2D eigenvalue weighted by Crippen LogP contribution is 2.21. The normalized spacial score (nSPS) is 10.5. The fourth-order valence-electron chi connectivity index (χ4n) is 2.03. The zero-order chi connectivity index (χ0) is 18.2. The van der Waals surface area contributed by atoms with Crippen LogP contribution < -0.4 is 15.5 Å². The van der Waals surface area contributed by atoms with Crippen molar-refractivity contribution in [3.63, 3.8) is 0 Å². The third-order valence-corrected chi connectivity index (χ3v) is 3.36. The Balaban J connectivity index is 1.98. The number of aryl methyl sites for hydroxylation is 1. The predicted octanol–water partition coefficient (Wildman–Crippen LogP) is 3.14. The van der Waals surface area contributed by atoms with Crippen molar-refractivity contribution in [3.05, 3.63) is 58.6 Å². The highest BCUT2D eigenvalue weighted by Gasteiger charge is 2.13. The monoisotopic (exact) mass is 359 g/mol. The van der Waals surface area contributed by atoms with E-state index in [9.17, 15) is 9.59 Å². The van der Waals surface area contributed by atoms with Crippen LogP contribution >= 0.6 is 11.6 Å². The van der Waals surface area contributed by atoms with Gasteiger partial charge < -0.3 is 10.1 Å². The van der Waals surface area contributed by atoms with E-state index in [1.807, 2.05) is 19.9 Å². The second-order valence-electron chi connectivity index (χ2n) is 5.14. The molecular weight excluding hydrogens is 342 g/mol. The number of carbonyl (C=O) groups excluding carboxylic acids is 2. The summed E-state index contributed by atoms with van der Waals surface area (Å²) in [6.07, 6.45) is 1.37. The molecule has 0 saturated heterocycles. The van der Waals surface area contributed by atoms with Gasteiger partial charge in [0.25, 0.3) is 0 Å². The SMILES string of the molecule is CCOc1ccc(Cl)cc1/C=N\NC(=O)C(=O)Nc1cccc(C)c1. The molecule has 0 heterocycles. The second kappa shape index (κ2) is 8.84. The van der Waals surface area contributed by atoms with Crippen LogP contribution in [0.4, 0.5) is 5.69 Å². The number of hydrogen-bond acceptors (Lipinski definition) is 4. The molecule has 0 saturated carbocycles. The van der Waals surface area contributed by atoms with E-state index in [1.54, 1.807) is 36.4 Å². The minimum Gasteiger partial charge on any atom is -0.493 e. The van der Waals surface area contributed by atoms with Crippen LogP contribution in [0.25, 0.3) is 0 Å². The lowest BCUT2D eigenvalue weighted by atomic mass is 10.2. The van der Waals surface area contributed by atoms with Crippen LogP contribution in [0.3, 0.4) is 0 Å². The van der Waals surface area contributed by atoms with E-state index in [1.165, 1.54) is 6.21 Å². The van der Waals surface area contributed by atoms with Gasteiger partial charge in [0, 0.05) is 16.3 Å². The minimum absolute atomic E-state index is 0.480. The van der Waals surface area contributed by atoms with Crippen molar-refractivity contribution in [2.45, 2.75) is 13.8 Å². The Labute approximate surface area is 150 Å². The summed E-state index contributed by atoms with van der Waals surface area (Å²) in [5.74, 6) is -1.11. The van der Waals surface area contributed by atoms with Gasteiger partial charge in [0.05, 0.1) is 12.8 Å². The number of rotatable bonds is 5. The molecule has 2 N–H and O–H groups in total. The summed E-state index contributed by atoms with van der Waals surface area (Å²) in [6, 6.07) is 12.2. The number of nitrogens with zero attached hydrogens (tertiary/aromatic N) is 1. The number of ether oxygens (including phenoxy) is 1. The van der Waals surface area contributed by atoms with Crippen LogP contribution in [0.5, 0.6) is 5.75 Å². The van der Waals surface area contributed by atoms with E-state index in [0.717, 1.165) is 5.56 Å². The summed E-state index contributed by atoms with van der Waals surface area (Å²) >= 11 is 5.94. The van der Waals surface area contributed by atoms with Crippen LogP contribution in [0, 0.1) is 6.92 Å². The first-order chi connectivity index (χ1) is 12.0. The maximum Gasteiger partial charge on any atom is 0.329 e. The zero-order valence-corrected chi connectivity index (χ0v) is 14.6. The maximum absolute atomic E-state index is 11.8. The predicted molar refractivity (Wildman–Crippen MR) is 98.2 cm³/mol. The number of nitrogens with one attached hydrogen (secondary N) is 2. The van der Waals surface area contributed by atoms with Gasteiger partial charge in [-0.05, 0) is 49.7 Å². The molecule has 2 amide bonds. The van der Waals surface area contributed by atoms with Gasteiger partial charge in [-0.1, -0.05) is 23.7 Å². The van der Waals surface area contributed by atoms with Gasteiger partial charge in [0.15, 0.2) is 0 Å². The summed E-state index contributed by atoms with van der Waals surface area (Å²) in [5, 5.41) is 6.79. The summed E-state index contributed by atoms with van der Waals surface area (Å²) in [6.45, 7) is 4.22. The smallest absolute Gasteiger partial charge is 0.329 e. The summed E-state index contributed by atoms with van der Waals surface area (Å²) < 4.78 is 5.45. The second-order valence-corrected chi connectivity index (χ2v) is 5.57. The molecule has 0 bridgehead atoms. The Morgan fingerprint density at radius 2 is 2.00 bits per heavy atom. The fourth-order valence-corrected chi connectivity index (χ4v) is 2.21. The van der Waals surface area contributed by atoms with E-state index < -0.39 is 11.8 Å². The Morgan fingerprint density at radius 3 is 2.72 bits per heavy atom. The summed E-state index contributed by atoms with van der Waals surface area (Å²) in [4.78, 5) is 23.7. The number of hydrogen-bond donors (Lipinski definition) is 2. The lowest BCUT2D eigenvalue weighted by Gasteiger charge is -2.07. The van der Waals surface area contributed by atoms with Crippen molar-refractivity contribution in [1.29, 1.82) is 0 Å². The van der Waals surface area contributed by atoms with E-state index in [4.69, 9.17) is 16.3 Å². The van der Waals surface area contributed by atoms with Crippen molar-refractivity contribution in [3.8, 4) is 5.75 Å². The number of halogens is 1. The van der Waals surface area contributed by atoms with E-state index in [-0.39, 0.29) is 0 Å². The summed E-state index contributed by atoms with van der Waals surface area (Å²) in [7, 11) is 0. The first-order valence-corrected chi connectivity index (χ1v) is 8.00. The molecule has 6 nitrogen and oxygen atoms in total. The van der Waals surface area contributed by atoms with Crippen LogP contribution in [0.1, 0.15) is 18.1 Å². The summed E-state index contributed by atoms with van der Waals surface area (Å²) in [5.41, 5.74) is 4.28. The van der Waals surface area contributed by atoms with Crippen molar-refractivity contribution in [2.24, 2.45) is 5.10 Å². The highest BCUT2D eigenvalue weighted by atomic mass is 35.5. The van der Waals surface area contributed by atoms with Gasteiger partial charge in [0.2, 0.25) is 0 Å². The number of benzene rings is 2. The molecular formula is C18H18ClN3O3. The number of carbonyl (C=O) groups is 2. The fraction of sp³-hybridized carbons (Fsp3) is 0.167. The lowest BCUT2D eigenvalue weighted by molar-refractivity contribution is -0.136. The van der Waals surface area contributed by atoms with E-state index >= 15 is 0 Å². The van der Waals surface area contributed by atoms with Gasteiger partial charge in [-0.15, -0.1) is 0 Å². The van der Waals surface area contributed by atoms with Crippen LogP contribution in [0.2, 0.25) is 5.02 Å². The van der Waals surface area contributed by atoms with Crippen LogP contribution in [-0.4, -0.2) is 24.6 Å². The molecule has 0 spiro atoms. The Bertz CT molecular complexity index is 806. The van der Waals surface area contributed by atoms with Gasteiger partial charge >= 0.3 is 11.8 Å². The molecule has 2 aromatic carbocycles. The third kappa shape index (κ3) is 5.61. The molecule has 0 aliphatic carbocycles. The van der Waals surface area contributed by atoms with Crippen molar-refractivity contribution in [2.75, 3.05) is 11.9 Å². The van der Waals surface area contributed by atoms with Gasteiger partial charge in [0.1, 0.15) is 5.75 Å². The van der Waals surface area contributed by atoms with Crippen molar-refractivity contribution < 1.29 is 14.3 Å². The Kier molecular flexibility index (Phi) is 6.54. The van der Waals surface area contributed by atoms with Crippen LogP contribution in [-0.2, 0) is 9.59 Å². The van der Waals surface area contributed by atoms with Crippen molar-refractivity contribution in [1.82, 2.24) is 5.43 Å². The molecule has 0 aliphatic rings. The lowest BCUT2D eigenvalue weighted by Crippen LogP contribution is -2.32. The molecule has 0 atom stereocenters. The first-order valence-electron chi connectivity index (χ1n) is 7.63. The average molecular weight is 360 g/mol. The van der Waals surface area contributed by atoms with Crippen molar-refractivity contribution >= 4 is 35.3 Å². The molecule has 2 rings (SSSR count). The van der Waals surface area contributed by atoms with Gasteiger partial charge in [-0.2, -0.15) is 5.10 Å². The van der Waals surface area contributed by atoms with Gasteiger partial charge in [-0.25, -0.2) is 5.43 Å². The number of hydrazone groups is 1. The molecule has 130 valence electrons. The first kappa shape index (κ1) is 18.5. The molecule has 0 aromatic heterocycles. The number of anilines is 1. The van der Waals surface area contributed by atoms with E-state index in [0.29, 0.717) is 28.6 Å².